The number of hydrogen-bond donors (Lipinski definition) is 4. The zero-order chi connectivity index (χ0) is 21.9. The van der Waals surface area contributed by atoms with E-state index >= 15 is 0 Å². The van der Waals surface area contributed by atoms with Gasteiger partial charge in [-0.3, -0.25) is 14.8 Å². The zero-order valence-corrected chi connectivity index (χ0v) is 17.1. The lowest BCUT2D eigenvalue weighted by Gasteiger charge is -2.30. The van der Waals surface area contributed by atoms with Crippen LogP contribution in [0.25, 0.3) is 0 Å². The van der Waals surface area contributed by atoms with Gasteiger partial charge in [-0.15, -0.1) is 0 Å². The molecular weight excluding hydrogens is 382 g/mol. The second-order valence-corrected chi connectivity index (χ2v) is 6.93. The summed E-state index contributed by atoms with van der Waals surface area (Å²) in [6, 6.07) is 18.7. The molecule has 8 nitrogen and oxygen atoms in total. The van der Waals surface area contributed by atoms with Crippen molar-refractivity contribution >= 4 is 17.8 Å². The topological polar surface area (TPSA) is 134 Å². The van der Waals surface area contributed by atoms with E-state index in [0.717, 1.165) is 11.1 Å². The van der Waals surface area contributed by atoms with Gasteiger partial charge < -0.3 is 16.6 Å². The minimum Gasteiger partial charge on any atom is -0.480 e. The molecule has 0 radical (unpaired) electrons. The fourth-order valence-corrected chi connectivity index (χ4v) is 3.29. The highest BCUT2D eigenvalue weighted by atomic mass is 16.4. The predicted molar refractivity (Wildman–Crippen MR) is 117 cm³/mol. The van der Waals surface area contributed by atoms with Crippen LogP contribution < -0.4 is 16.9 Å². The van der Waals surface area contributed by atoms with E-state index in [2.05, 4.69) is 10.4 Å². The summed E-state index contributed by atoms with van der Waals surface area (Å²) in [7, 11) is 0. The number of carboxylic acids is 1. The first-order chi connectivity index (χ1) is 14.4. The van der Waals surface area contributed by atoms with Gasteiger partial charge in [-0.05, 0) is 24.0 Å². The molecule has 0 spiro atoms. The molecule has 0 aromatic heterocycles. The number of aliphatic imine (C=N–C) groups is 1. The van der Waals surface area contributed by atoms with Crippen LogP contribution in [0.5, 0.6) is 0 Å². The first kappa shape index (κ1) is 22.9. The molecule has 2 aromatic carbocycles. The third-order valence-electron chi connectivity index (χ3n) is 4.74. The van der Waals surface area contributed by atoms with Crippen LogP contribution >= 0.6 is 0 Å². The van der Waals surface area contributed by atoms with E-state index in [-0.39, 0.29) is 24.2 Å². The Morgan fingerprint density at radius 3 is 2.00 bits per heavy atom. The molecule has 1 amide bonds. The standard InChI is InChI=1S/C22H29N5O3/c1-16(28)27(20(21(29)30)13-8-14-25-22(23)24)26-15-19(17-9-4-2-5-10-17)18-11-6-3-7-12-18/h2-7,9-12,19-20,26H,8,13-15H2,1H3,(H,29,30)(H4,23,24,25)/t20-/m0/s1. The van der Waals surface area contributed by atoms with Crippen LogP contribution in [0.4, 0.5) is 0 Å². The van der Waals surface area contributed by atoms with Gasteiger partial charge in [-0.25, -0.2) is 10.2 Å². The van der Waals surface area contributed by atoms with Crippen molar-refractivity contribution in [1.29, 1.82) is 0 Å². The fraction of sp³-hybridized carbons (Fsp3) is 0.318. The van der Waals surface area contributed by atoms with Gasteiger partial charge in [0, 0.05) is 25.9 Å². The number of carbonyl (C=O) groups excluding carboxylic acids is 1. The smallest absolute Gasteiger partial charge is 0.328 e. The molecule has 2 rings (SSSR count). The first-order valence-electron chi connectivity index (χ1n) is 9.81. The lowest BCUT2D eigenvalue weighted by molar-refractivity contribution is -0.152. The van der Waals surface area contributed by atoms with Crippen molar-refractivity contribution in [1.82, 2.24) is 10.4 Å². The van der Waals surface area contributed by atoms with Gasteiger partial charge in [-0.1, -0.05) is 60.7 Å². The molecule has 0 saturated heterocycles. The first-order valence-corrected chi connectivity index (χ1v) is 9.81. The molecule has 0 aliphatic heterocycles. The average molecular weight is 412 g/mol. The van der Waals surface area contributed by atoms with Crippen molar-refractivity contribution in [2.75, 3.05) is 13.1 Å². The van der Waals surface area contributed by atoms with Gasteiger partial charge >= 0.3 is 5.97 Å². The van der Waals surface area contributed by atoms with Crippen LogP contribution in [0.1, 0.15) is 36.8 Å². The largest absolute Gasteiger partial charge is 0.480 e. The average Bonchev–Trinajstić information content (AvgIpc) is 2.73. The summed E-state index contributed by atoms with van der Waals surface area (Å²) in [5.41, 5.74) is 15.8. The Balaban J connectivity index is 2.17. The lowest BCUT2D eigenvalue weighted by atomic mass is 9.91. The lowest BCUT2D eigenvalue weighted by Crippen LogP contribution is -2.53. The maximum atomic E-state index is 12.2. The summed E-state index contributed by atoms with van der Waals surface area (Å²) in [5, 5.41) is 10.9. The molecule has 8 heteroatoms. The van der Waals surface area contributed by atoms with Gasteiger partial charge in [-0.2, -0.15) is 0 Å². The van der Waals surface area contributed by atoms with E-state index in [9.17, 15) is 14.7 Å². The number of hydrogen-bond acceptors (Lipinski definition) is 4. The summed E-state index contributed by atoms with van der Waals surface area (Å²) < 4.78 is 0. The summed E-state index contributed by atoms with van der Waals surface area (Å²) in [4.78, 5) is 28.0. The normalized spacial score (nSPS) is 11.7. The Labute approximate surface area is 176 Å². The van der Waals surface area contributed by atoms with Crippen molar-refractivity contribution in [2.24, 2.45) is 16.5 Å². The summed E-state index contributed by atoms with van der Waals surface area (Å²) in [6.45, 7) is 2.01. The number of nitrogens with two attached hydrogens (primary N) is 2. The number of hydrazine groups is 1. The fourth-order valence-electron chi connectivity index (χ4n) is 3.29. The molecule has 0 aliphatic rings. The molecule has 1 atom stereocenters. The van der Waals surface area contributed by atoms with Crippen molar-refractivity contribution in [2.45, 2.75) is 31.7 Å². The van der Waals surface area contributed by atoms with Gasteiger partial charge in [0.05, 0.1) is 0 Å². The minimum absolute atomic E-state index is 0.0445. The van der Waals surface area contributed by atoms with Crippen molar-refractivity contribution in [3.63, 3.8) is 0 Å². The molecule has 6 N–H and O–H groups in total. The van der Waals surface area contributed by atoms with E-state index in [4.69, 9.17) is 11.5 Å². The number of carbonyl (C=O) groups is 2. The van der Waals surface area contributed by atoms with Gasteiger partial charge in [0.25, 0.3) is 0 Å². The Bertz CT molecular complexity index is 799. The third kappa shape index (κ3) is 6.89. The van der Waals surface area contributed by atoms with Crippen LogP contribution in [-0.2, 0) is 9.59 Å². The molecule has 30 heavy (non-hydrogen) atoms. The Kier molecular flexibility index (Phi) is 8.83. The third-order valence-corrected chi connectivity index (χ3v) is 4.74. The van der Waals surface area contributed by atoms with Crippen LogP contribution in [0.15, 0.2) is 65.7 Å². The second kappa shape index (κ2) is 11.6. The van der Waals surface area contributed by atoms with Crippen LogP contribution in [-0.4, -0.2) is 47.1 Å². The van der Waals surface area contributed by atoms with Crippen molar-refractivity contribution in [3.05, 3.63) is 71.8 Å². The molecule has 0 fully saturated rings. The number of nitrogens with zero attached hydrogens (tertiary/aromatic N) is 2. The van der Waals surface area contributed by atoms with Crippen molar-refractivity contribution < 1.29 is 14.7 Å². The monoisotopic (exact) mass is 411 g/mol. The molecule has 0 saturated carbocycles. The number of nitrogens with one attached hydrogen (secondary N) is 1. The number of benzene rings is 2. The molecule has 160 valence electrons. The maximum Gasteiger partial charge on any atom is 0.328 e. The number of rotatable bonds is 11. The molecule has 0 unspecified atom stereocenters. The number of guanidine groups is 1. The van der Waals surface area contributed by atoms with Gasteiger partial charge in [0.2, 0.25) is 5.91 Å². The second-order valence-electron chi connectivity index (χ2n) is 6.93. The molecule has 0 bridgehead atoms. The Morgan fingerprint density at radius 2 is 1.57 bits per heavy atom. The Morgan fingerprint density at radius 1 is 1.03 bits per heavy atom. The maximum absolute atomic E-state index is 12.2. The molecule has 2 aromatic rings. The van der Waals surface area contributed by atoms with Gasteiger partial charge in [0.1, 0.15) is 6.04 Å². The number of amides is 1. The predicted octanol–water partition coefficient (Wildman–Crippen LogP) is 1.68. The van der Waals surface area contributed by atoms with Crippen LogP contribution in [0, 0.1) is 0 Å². The van der Waals surface area contributed by atoms with E-state index < -0.39 is 12.0 Å². The number of aliphatic carboxylic acids is 1. The zero-order valence-electron chi connectivity index (χ0n) is 17.1. The van der Waals surface area contributed by atoms with E-state index in [1.165, 1.54) is 11.9 Å². The molecule has 0 aliphatic carbocycles. The molecular formula is C22H29N5O3. The van der Waals surface area contributed by atoms with E-state index in [1.54, 1.807) is 0 Å². The summed E-state index contributed by atoms with van der Waals surface area (Å²) in [6.07, 6.45) is 0.654. The number of carboxylic acid groups (broad SMARTS) is 1. The SMILES string of the molecule is CC(=O)N(NCC(c1ccccc1)c1ccccc1)[C@@H](CCCN=C(N)N)C(=O)O. The minimum atomic E-state index is -1.08. The summed E-state index contributed by atoms with van der Waals surface area (Å²) in [5.74, 6) is -1.55. The summed E-state index contributed by atoms with van der Waals surface area (Å²) >= 11 is 0. The van der Waals surface area contributed by atoms with Crippen LogP contribution in [0.3, 0.4) is 0 Å². The van der Waals surface area contributed by atoms with E-state index in [0.29, 0.717) is 19.5 Å². The highest BCUT2D eigenvalue weighted by Gasteiger charge is 2.28. The van der Waals surface area contributed by atoms with Gasteiger partial charge in [0.15, 0.2) is 5.96 Å². The highest BCUT2D eigenvalue weighted by Crippen LogP contribution is 2.24. The molecule has 0 heterocycles. The Hall–Kier alpha value is -3.39. The van der Waals surface area contributed by atoms with Crippen molar-refractivity contribution in [3.8, 4) is 0 Å². The highest BCUT2D eigenvalue weighted by molar-refractivity contribution is 5.81. The quantitative estimate of drug-likeness (QED) is 0.192. The van der Waals surface area contributed by atoms with E-state index in [1.807, 2.05) is 60.7 Å². The van der Waals surface area contributed by atoms with Crippen LogP contribution in [0.2, 0.25) is 0 Å².